The van der Waals surface area contributed by atoms with Gasteiger partial charge in [0.1, 0.15) is 37.1 Å². The van der Waals surface area contributed by atoms with Gasteiger partial charge in [-0.15, -0.1) is 0 Å². The number of aromatic nitrogens is 3. The van der Waals surface area contributed by atoms with Gasteiger partial charge in [0.25, 0.3) is 0 Å². The highest BCUT2D eigenvalue weighted by atomic mass is 16.5. The second-order valence-electron chi connectivity index (χ2n) is 12.9. The summed E-state index contributed by atoms with van der Waals surface area (Å²) < 4.78 is 22.4. The standard InChI is InChI=1S/C15H21N3O.C14H19N3O2.C10H12N2O2/c16-13-4-5-14(15-12(13)6-7-17-15)19-11-10-18-8-2-1-3-9-18;15-12-1-2-13(14-11(12)3-4-16-14)19-10-7-17-5-8-18-9-6-17;11-8-1-2-9(14-6-5-13)10-7(8)3-4-12-10/h4-7,17H,1-3,8-11,16H2;1-4,16H,5-10,15H2;1-4,12-13H,5-6,11H2. The van der Waals surface area contributed by atoms with Gasteiger partial charge in [0.2, 0.25) is 0 Å². The number of fused-ring (bicyclic) bond motifs is 3. The lowest BCUT2D eigenvalue weighted by atomic mass is 10.1. The third-order valence-corrected chi connectivity index (χ3v) is 9.39. The third kappa shape index (κ3) is 9.42. The van der Waals surface area contributed by atoms with Crippen LogP contribution >= 0.6 is 0 Å². The van der Waals surface area contributed by atoms with E-state index in [-0.39, 0.29) is 13.2 Å². The number of nitrogens with one attached hydrogen (secondary N) is 3. The van der Waals surface area contributed by atoms with Crippen LogP contribution in [-0.4, -0.2) is 109 Å². The number of hydrogen-bond acceptors (Lipinski definition) is 10. The molecule has 8 rings (SSSR count). The number of rotatable bonds is 11. The molecule has 3 aromatic carbocycles. The van der Waals surface area contributed by atoms with Gasteiger partial charge in [-0.05, 0) is 80.5 Å². The molecular formula is C39H52N8O5. The van der Waals surface area contributed by atoms with Crippen molar-refractivity contribution in [3.05, 3.63) is 73.2 Å². The molecule has 0 atom stereocenters. The number of benzene rings is 3. The summed E-state index contributed by atoms with van der Waals surface area (Å²) in [5, 5.41) is 11.6. The normalized spacial score (nSPS) is 15.2. The van der Waals surface area contributed by atoms with E-state index in [1.807, 2.05) is 61.1 Å². The number of aliphatic hydroxyl groups is 1. The molecule has 6 aromatic rings. The Morgan fingerprint density at radius 2 is 0.942 bits per heavy atom. The summed E-state index contributed by atoms with van der Waals surface area (Å²) in [6.07, 6.45) is 9.62. The lowest BCUT2D eigenvalue weighted by Crippen LogP contribution is -2.38. The highest BCUT2D eigenvalue weighted by Crippen LogP contribution is 2.31. The van der Waals surface area contributed by atoms with Gasteiger partial charge in [0, 0.05) is 78.0 Å². The van der Waals surface area contributed by atoms with E-state index in [2.05, 4.69) is 24.8 Å². The molecular weight excluding hydrogens is 660 g/mol. The molecule has 0 spiro atoms. The number of nitrogen functional groups attached to an aromatic ring is 3. The monoisotopic (exact) mass is 712 g/mol. The van der Waals surface area contributed by atoms with Crippen molar-refractivity contribution in [2.45, 2.75) is 19.3 Å². The van der Waals surface area contributed by atoms with Crippen LogP contribution in [0.2, 0.25) is 0 Å². The van der Waals surface area contributed by atoms with Crippen molar-refractivity contribution in [3.63, 3.8) is 0 Å². The van der Waals surface area contributed by atoms with Gasteiger partial charge in [-0.2, -0.15) is 0 Å². The second-order valence-corrected chi connectivity index (χ2v) is 12.9. The number of anilines is 3. The Hall–Kier alpha value is -5.08. The first kappa shape index (κ1) is 36.7. The minimum atomic E-state index is 0.00653. The Bertz CT molecular complexity index is 1880. The fraction of sp³-hybridized carbons (Fsp3) is 0.385. The molecule has 5 heterocycles. The van der Waals surface area contributed by atoms with Crippen LogP contribution in [-0.2, 0) is 4.74 Å². The lowest BCUT2D eigenvalue weighted by molar-refractivity contribution is 0.0323. The van der Waals surface area contributed by atoms with Gasteiger partial charge < -0.3 is 56.2 Å². The molecule has 0 aliphatic carbocycles. The molecule has 13 nitrogen and oxygen atoms in total. The van der Waals surface area contributed by atoms with Crippen LogP contribution in [0.5, 0.6) is 17.2 Å². The van der Waals surface area contributed by atoms with Crippen molar-refractivity contribution < 1.29 is 24.1 Å². The van der Waals surface area contributed by atoms with Gasteiger partial charge in [0.15, 0.2) is 0 Å². The van der Waals surface area contributed by atoms with Crippen molar-refractivity contribution in [2.24, 2.45) is 0 Å². The predicted octanol–water partition coefficient (Wildman–Crippen LogP) is 5.20. The number of aliphatic hydroxyl groups excluding tert-OH is 1. The molecule has 0 amide bonds. The lowest BCUT2D eigenvalue weighted by Gasteiger charge is -2.26. The van der Waals surface area contributed by atoms with Crippen molar-refractivity contribution >= 4 is 49.8 Å². The Morgan fingerprint density at radius 3 is 1.37 bits per heavy atom. The van der Waals surface area contributed by atoms with Crippen LogP contribution in [0.4, 0.5) is 17.1 Å². The van der Waals surface area contributed by atoms with Crippen molar-refractivity contribution in [3.8, 4) is 17.2 Å². The fourth-order valence-corrected chi connectivity index (χ4v) is 6.55. The first-order chi connectivity index (χ1) is 25.5. The molecule has 13 heteroatoms. The number of hydrogen-bond donors (Lipinski definition) is 7. The van der Waals surface area contributed by atoms with Crippen molar-refractivity contribution in [1.29, 1.82) is 0 Å². The SMILES string of the molecule is Nc1ccc(OCCN2CCCCC2)c2[nH]ccc12.Nc1ccc(OCCN2CCOCC2)c2[nH]ccc12.Nc1ccc(OCCO)c2[nH]ccc12. The summed E-state index contributed by atoms with van der Waals surface area (Å²) >= 11 is 0. The van der Waals surface area contributed by atoms with E-state index in [1.165, 1.54) is 32.4 Å². The number of piperidine rings is 1. The van der Waals surface area contributed by atoms with Crippen molar-refractivity contribution in [1.82, 2.24) is 24.8 Å². The van der Waals surface area contributed by atoms with Gasteiger partial charge in [-0.25, -0.2) is 0 Å². The number of likely N-dealkylation sites (tertiary alicyclic amines) is 1. The first-order valence-electron chi connectivity index (χ1n) is 18.1. The zero-order valence-electron chi connectivity index (χ0n) is 29.7. The largest absolute Gasteiger partial charge is 0.490 e. The fourth-order valence-electron chi connectivity index (χ4n) is 6.55. The molecule has 0 unspecified atom stereocenters. The van der Waals surface area contributed by atoms with Crippen LogP contribution in [0.1, 0.15) is 19.3 Å². The van der Waals surface area contributed by atoms with E-state index in [9.17, 15) is 0 Å². The average molecular weight is 713 g/mol. The smallest absolute Gasteiger partial charge is 0.143 e. The summed E-state index contributed by atoms with van der Waals surface area (Å²) in [4.78, 5) is 14.3. The third-order valence-electron chi connectivity index (χ3n) is 9.39. The van der Waals surface area contributed by atoms with E-state index in [0.29, 0.717) is 12.4 Å². The van der Waals surface area contributed by atoms with Gasteiger partial charge >= 0.3 is 0 Å². The summed E-state index contributed by atoms with van der Waals surface area (Å²) in [5.74, 6) is 2.47. The molecule has 10 N–H and O–H groups in total. The van der Waals surface area contributed by atoms with Crippen LogP contribution in [0.25, 0.3) is 32.7 Å². The van der Waals surface area contributed by atoms with Gasteiger partial charge in [-0.3, -0.25) is 9.80 Å². The maximum Gasteiger partial charge on any atom is 0.143 e. The molecule has 52 heavy (non-hydrogen) atoms. The molecule has 3 aromatic heterocycles. The zero-order chi connectivity index (χ0) is 36.1. The molecule has 0 bridgehead atoms. The highest BCUT2D eigenvalue weighted by molar-refractivity contribution is 5.96. The van der Waals surface area contributed by atoms with E-state index in [1.54, 1.807) is 12.1 Å². The molecule has 2 fully saturated rings. The van der Waals surface area contributed by atoms with E-state index in [0.717, 1.165) is 107 Å². The quantitative estimate of drug-likeness (QED) is 0.0880. The summed E-state index contributed by atoms with van der Waals surface area (Å²) in [7, 11) is 0. The predicted molar refractivity (Wildman–Crippen MR) is 209 cm³/mol. The maximum atomic E-state index is 8.64. The number of nitrogens with two attached hydrogens (primary N) is 3. The molecule has 0 radical (unpaired) electrons. The summed E-state index contributed by atoms with van der Waals surface area (Å²) in [6.45, 7) is 9.69. The zero-order valence-corrected chi connectivity index (χ0v) is 29.7. The van der Waals surface area contributed by atoms with E-state index in [4.69, 9.17) is 41.3 Å². The van der Waals surface area contributed by atoms with Crippen LogP contribution in [0.3, 0.4) is 0 Å². The number of H-pyrrole nitrogens is 3. The van der Waals surface area contributed by atoms with Crippen LogP contribution in [0.15, 0.2) is 73.2 Å². The molecule has 278 valence electrons. The Morgan fingerprint density at radius 1 is 0.538 bits per heavy atom. The average Bonchev–Trinajstić information content (AvgIpc) is 3.98. The highest BCUT2D eigenvalue weighted by Gasteiger charge is 2.13. The van der Waals surface area contributed by atoms with E-state index < -0.39 is 0 Å². The minimum absolute atomic E-state index is 0.00653. The molecule has 2 aliphatic heterocycles. The number of aromatic amines is 3. The van der Waals surface area contributed by atoms with E-state index >= 15 is 0 Å². The number of morpholine rings is 1. The van der Waals surface area contributed by atoms with Crippen LogP contribution in [0, 0.1) is 0 Å². The first-order valence-corrected chi connectivity index (χ1v) is 18.1. The van der Waals surface area contributed by atoms with Gasteiger partial charge in [-0.1, -0.05) is 6.42 Å². The minimum Gasteiger partial charge on any atom is -0.490 e. The Balaban J connectivity index is 0.000000136. The Labute approximate surface area is 303 Å². The second kappa shape index (κ2) is 18.4. The van der Waals surface area contributed by atoms with Crippen LogP contribution < -0.4 is 31.4 Å². The maximum absolute atomic E-state index is 8.64. The van der Waals surface area contributed by atoms with Crippen molar-refractivity contribution in [2.75, 3.05) is 96.1 Å². The molecule has 0 saturated carbocycles. The number of nitrogens with zero attached hydrogens (tertiary/aromatic N) is 2. The topological polar surface area (TPSA) is 189 Å². The summed E-state index contributed by atoms with van der Waals surface area (Å²) in [5.41, 5.74) is 22.8. The number of ether oxygens (including phenoxy) is 4. The molecule has 2 aliphatic rings. The van der Waals surface area contributed by atoms with Gasteiger partial charge in [0.05, 0.1) is 36.4 Å². The molecule has 2 saturated heterocycles. The summed E-state index contributed by atoms with van der Waals surface area (Å²) in [6, 6.07) is 17.1. The Kier molecular flexibility index (Phi) is 13.0.